The third-order valence-corrected chi connectivity index (χ3v) is 3.55. The van der Waals surface area contributed by atoms with E-state index in [0.717, 1.165) is 23.1 Å². The molecular formula is C16H20N4. The Labute approximate surface area is 119 Å². The van der Waals surface area contributed by atoms with Crippen molar-refractivity contribution in [2.24, 2.45) is 0 Å². The van der Waals surface area contributed by atoms with Crippen LogP contribution in [-0.4, -0.2) is 16.0 Å². The molecule has 4 heteroatoms. The standard InChI is InChI=1S/C16H20N4/c1-10-4-5-14(8-11(10)2)20-16-9-15(17-12(3)18-16)19-13-6-7-13/h4-5,8-9,13H,6-7H2,1-3H3,(H2,17,18,19,20). The highest BCUT2D eigenvalue weighted by Crippen LogP contribution is 2.25. The van der Waals surface area contributed by atoms with Crippen LogP contribution in [0.5, 0.6) is 0 Å². The van der Waals surface area contributed by atoms with E-state index in [1.165, 1.54) is 24.0 Å². The van der Waals surface area contributed by atoms with Crippen LogP contribution >= 0.6 is 0 Å². The van der Waals surface area contributed by atoms with Crippen molar-refractivity contribution in [1.29, 1.82) is 0 Å². The van der Waals surface area contributed by atoms with Gasteiger partial charge in [-0.05, 0) is 56.9 Å². The van der Waals surface area contributed by atoms with Gasteiger partial charge in [0.2, 0.25) is 0 Å². The van der Waals surface area contributed by atoms with Crippen molar-refractivity contribution >= 4 is 17.3 Å². The van der Waals surface area contributed by atoms with E-state index in [1.54, 1.807) is 0 Å². The molecule has 3 rings (SSSR count). The van der Waals surface area contributed by atoms with Crippen molar-refractivity contribution in [2.45, 2.75) is 39.7 Å². The molecular weight excluding hydrogens is 248 g/mol. The van der Waals surface area contributed by atoms with E-state index in [1.807, 2.05) is 13.0 Å². The fraction of sp³-hybridized carbons (Fsp3) is 0.375. The zero-order valence-corrected chi connectivity index (χ0v) is 12.2. The number of nitrogens with one attached hydrogen (secondary N) is 2. The predicted molar refractivity (Wildman–Crippen MR) is 82.6 cm³/mol. The molecule has 0 saturated heterocycles. The van der Waals surface area contributed by atoms with Gasteiger partial charge in [-0.2, -0.15) is 0 Å². The minimum absolute atomic E-state index is 0.596. The maximum atomic E-state index is 4.45. The summed E-state index contributed by atoms with van der Waals surface area (Å²) in [6, 6.07) is 8.91. The Morgan fingerprint density at radius 1 is 0.950 bits per heavy atom. The lowest BCUT2D eigenvalue weighted by atomic mass is 10.1. The smallest absolute Gasteiger partial charge is 0.136 e. The number of nitrogens with zero attached hydrogens (tertiary/aromatic N) is 2. The Morgan fingerprint density at radius 2 is 1.70 bits per heavy atom. The second-order valence-electron chi connectivity index (χ2n) is 5.53. The first kappa shape index (κ1) is 12.9. The molecule has 2 aromatic rings. The topological polar surface area (TPSA) is 49.8 Å². The molecule has 20 heavy (non-hydrogen) atoms. The zero-order valence-electron chi connectivity index (χ0n) is 12.2. The van der Waals surface area contributed by atoms with Gasteiger partial charge in [-0.1, -0.05) is 6.07 Å². The average Bonchev–Trinajstić information content (AvgIpc) is 3.17. The summed E-state index contributed by atoms with van der Waals surface area (Å²) < 4.78 is 0. The molecule has 4 nitrogen and oxygen atoms in total. The quantitative estimate of drug-likeness (QED) is 0.887. The Bertz CT molecular complexity index is 632. The minimum Gasteiger partial charge on any atom is -0.367 e. The van der Waals surface area contributed by atoms with Gasteiger partial charge in [-0.3, -0.25) is 0 Å². The molecule has 0 amide bonds. The number of aromatic nitrogens is 2. The molecule has 1 aliphatic carbocycles. The lowest BCUT2D eigenvalue weighted by Crippen LogP contribution is -2.06. The van der Waals surface area contributed by atoms with Crippen LogP contribution in [0.4, 0.5) is 17.3 Å². The van der Waals surface area contributed by atoms with Crippen LogP contribution in [0.2, 0.25) is 0 Å². The second-order valence-corrected chi connectivity index (χ2v) is 5.53. The molecule has 0 aliphatic heterocycles. The summed E-state index contributed by atoms with van der Waals surface area (Å²) in [6.45, 7) is 6.15. The largest absolute Gasteiger partial charge is 0.367 e. The van der Waals surface area contributed by atoms with Crippen LogP contribution in [0, 0.1) is 20.8 Å². The van der Waals surface area contributed by atoms with Gasteiger partial charge in [0, 0.05) is 17.8 Å². The molecule has 1 heterocycles. The maximum Gasteiger partial charge on any atom is 0.136 e. The number of aryl methyl sites for hydroxylation is 3. The zero-order chi connectivity index (χ0) is 14.1. The van der Waals surface area contributed by atoms with E-state index >= 15 is 0 Å². The molecule has 1 aromatic carbocycles. The highest BCUT2D eigenvalue weighted by molar-refractivity contribution is 5.60. The molecule has 2 N–H and O–H groups in total. The predicted octanol–water partition coefficient (Wildman–Crippen LogP) is 3.72. The fourth-order valence-corrected chi connectivity index (χ4v) is 2.11. The van der Waals surface area contributed by atoms with Crippen LogP contribution in [0.1, 0.15) is 29.8 Å². The van der Waals surface area contributed by atoms with Crippen LogP contribution in [0.3, 0.4) is 0 Å². The monoisotopic (exact) mass is 268 g/mol. The summed E-state index contributed by atoms with van der Waals surface area (Å²) in [6.07, 6.45) is 2.48. The van der Waals surface area contributed by atoms with Gasteiger partial charge in [0.1, 0.15) is 17.5 Å². The normalized spacial score (nSPS) is 14.2. The third-order valence-electron chi connectivity index (χ3n) is 3.55. The number of hydrogen-bond acceptors (Lipinski definition) is 4. The summed E-state index contributed by atoms with van der Waals surface area (Å²) in [4.78, 5) is 8.87. The van der Waals surface area contributed by atoms with E-state index in [4.69, 9.17) is 0 Å². The second kappa shape index (κ2) is 5.12. The number of anilines is 3. The van der Waals surface area contributed by atoms with Crippen LogP contribution in [0.25, 0.3) is 0 Å². The molecule has 1 fully saturated rings. The minimum atomic E-state index is 0.596. The first-order chi connectivity index (χ1) is 9.60. The Morgan fingerprint density at radius 3 is 2.40 bits per heavy atom. The van der Waals surface area contributed by atoms with Crippen molar-refractivity contribution in [3.05, 3.63) is 41.2 Å². The fourth-order valence-electron chi connectivity index (χ4n) is 2.11. The summed E-state index contributed by atoms with van der Waals surface area (Å²) in [5.41, 5.74) is 3.63. The van der Waals surface area contributed by atoms with Crippen molar-refractivity contribution < 1.29 is 0 Å². The van der Waals surface area contributed by atoms with Crippen molar-refractivity contribution in [3.8, 4) is 0 Å². The lowest BCUT2D eigenvalue weighted by Gasteiger charge is -2.11. The summed E-state index contributed by atoms with van der Waals surface area (Å²) in [5.74, 6) is 2.53. The lowest BCUT2D eigenvalue weighted by molar-refractivity contribution is 1.02. The summed E-state index contributed by atoms with van der Waals surface area (Å²) in [7, 11) is 0. The third kappa shape index (κ3) is 3.07. The molecule has 0 unspecified atom stereocenters. The number of hydrogen-bond donors (Lipinski definition) is 2. The molecule has 1 aromatic heterocycles. The highest BCUT2D eigenvalue weighted by atomic mass is 15.1. The van der Waals surface area contributed by atoms with Crippen molar-refractivity contribution in [1.82, 2.24) is 9.97 Å². The Hall–Kier alpha value is -2.10. The van der Waals surface area contributed by atoms with E-state index in [2.05, 4.69) is 52.6 Å². The number of benzene rings is 1. The Kier molecular flexibility index (Phi) is 3.30. The maximum absolute atomic E-state index is 4.45. The van der Waals surface area contributed by atoms with E-state index in [-0.39, 0.29) is 0 Å². The van der Waals surface area contributed by atoms with Crippen molar-refractivity contribution in [2.75, 3.05) is 10.6 Å². The van der Waals surface area contributed by atoms with Gasteiger partial charge in [0.05, 0.1) is 0 Å². The molecule has 0 bridgehead atoms. The van der Waals surface area contributed by atoms with Crippen LogP contribution in [0.15, 0.2) is 24.3 Å². The van der Waals surface area contributed by atoms with Gasteiger partial charge in [0.25, 0.3) is 0 Å². The van der Waals surface area contributed by atoms with E-state index < -0.39 is 0 Å². The van der Waals surface area contributed by atoms with E-state index in [9.17, 15) is 0 Å². The highest BCUT2D eigenvalue weighted by Gasteiger charge is 2.21. The van der Waals surface area contributed by atoms with Crippen molar-refractivity contribution in [3.63, 3.8) is 0 Å². The summed E-state index contributed by atoms with van der Waals surface area (Å²) in [5, 5.41) is 6.77. The van der Waals surface area contributed by atoms with Gasteiger partial charge < -0.3 is 10.6 Å². The van der Waals surface area contributed by atoms with Gasteiger partial charge in [0.15, 0.2) is 0 Å². The first-order valence-corrected chi connectivity index (χ1v) is 7.06. The average molecular weight is 268 g/mol. The van der Waals surface area contributed by atoms with Gasteiger partial charge in [-0.15, -0.1) is 0 Å². The molecule has 1 saturated carbocycles. The molecule has 1 aliphatic rings. The summed E-state index contributed by atoms with van der Waals surface area (Å²) >= 11 is 0. The molecule has 0 atom stereocenters. The van der Waals surface area contributed by atoms with Gasteiger partial charge >= 0.3 is 0 Å². The number of rotatable bonds is 4. The van der Waals surface area contributed by atoms with Gasteiger partial charge in [-0.25, -0.2) is 9.97 Å². The first-order valence-electron chi connectivity index (χ1n) is 7.06. The molecule has 0 radical (unpaired) electrons. The Balaban J connectivity index is 1.81. The SMILES string of the molecule is Cc1nc(Nc2ccc(C)c(C)c2)cc(NC2CC2)n1. The van der Waals surface area contributed by atoms with Crippen LogP contribution < -0.4 is 10.6 Å². The van der Waals surface area contributed by atoms with Crippen LogP contribution in [-0.2, 0) is 0 Å². The molecule has 0 spiro atoms. The molecule has 104 valence electrons. The van der Waals surface area contributed by atoms with E-state index in [0.29, 0.717) is 6.04 Å².